The molecule has 2 aromatic carbocycles. The van der Waals surface area contributed by atoms with E-state index in [2.05, 4.69) is 76.0 Å². The Morgan fingerprint density at radius 2 is 1.50 bits per heavy atom. The highest BCUT2D eigenvalue weighted by Gasteiger charge is 2.12. The van der Waals surface area contributed by atoms with Crippen LogP contribution in [0.1, 0.15) is 26.2 Å². The Balaban J connectivity index is 2.07. The maximum atomic E-state index is 3.85. The van der Waals surface area contributed by atoms with Crippen LogP contribution < -0.4 is 0 Å². The van der Waals surface area contributed by atoms with E-state index >= 15 is 0 Å². The lowest BCUT2D eigenvalue weighted by molar-refractivity contribution is 0.624. The number of benzene rings is 2. The molecule has 0 spiro atoms. The van der Waals surface area contributed by atoms with Crippen molar-refractivity contribution in [3.8, 4) is 0 Å². The molecule has 1 atom stereocenters. The minimum atomic E-state index is 0.543. The van der Waals surface area contributed by atoms with Gasteiger partial charge in [0.15, 0.2) is 0 Å². The van der Waals surface area contributed by atoms with Gasteiger partial charge in [0.05, 0.1) is 0 Å². The Bertz CT molecular complexity index is 660. The lowest BCUT2D eigenvalue weighted by Crippen LogP contribution is -2.09. The number of aromatic nitrogens is 1. The average molecular weight is 330 g/mol. The fraction of sp³-hybridized carbons (Fsp3) is 0.333. The molecule has 20 heavy (non-hydrogen) atoms. The molecule has 3 aromatic rings. The quantitative estimate of drug-likeness (QED) is 0.525. The van der Waals surface area contributed by atoms with Crippen molar-refractivity contribution in [1.82, 2.24) is 4.57 Å². The molecule has 104 valence electrons. The first-order chi connectivity index (χ1) is 9.81. The summed E-state index contributed by atoms with van der Waals surface area (Å²) >= 11 is 3.85. The van der Waals surface area contributed by atoms with Gasteiger partial charge in [0.2, 0.25) is 0 Å². The van der Waals surface area contributed by atoms with Gasteiger partial charge in [-0.3, -0.25) is 0 Å². The summed E-state index contributed by atoms with van der Waals surface area (Å²) in [6.07, 6.45) is 3.78. The molecule has 0 saturated carbocycles. The van der Waals surface area contributed by atoms with Gasteiger partial charge < -0.3 is 4.57 Å². The van der Waals surface area contributed by atoms with Gasteiger partial charge in [-0.2, -0.15) is 0 Å². The first kappa shape index (κ1) is 13.7. The van der Waals surface area contributed by atoms with Gasteiger partial charge >= 0.3 is 0 Å². The van der Waals surface area contributed by atoms with E-state index in [0.29, 0.717) is 4.83 Å². The van der Waals surface area contributed by atoms with Crippen molar-refractivity contribution in [1.29, 1.82) is 0 Å². The number of para-hydroxylation sites is 2. The zero-order valence-corrected chi connectivity index (χ0v) is 13.4. The van der Waals surface area contributed by atoms with Crippen LogP contribution in [-0.2, 0) is 6.54 Å². The summed E-state index contributed by atoms with van der Waals surface area (Å²) in [6, 6.07) is 17.4. The number of hydrogen-bond acceptors (Lipinski definition) is 0. The van der Waals surface area contributed by atoms with E-state index in [0.717, 1.165) is 6.54 Å². The Hall–Kier alpha value is -1.28. The van der Waals surface area contributed by atoms with E-state index in [9.17, 15) is 0 Å². The first-order valence-electron chi connectivity index (χ1n) is 7.41. The predicted octanol–water partition coefficient (Wildman–Crippen LogP) is 5.75. The van der Waals surface area contributed by atoms with Crippen molar-refractivity contribution in [2.75, 3.05) is 0 Å². The molecule has 0 N–H and O–H groups in total. The molecule has 3 rings (SSSR count). The Morgan fingerprint density at radius 1 is 0.950 bits per heavy atom. The summed E-state index contributed by atoms with van der Waals surface area (Å²) < 4.78 is 2.46. The van der Waals surface area contributed by atoms with Crippen molar-refractivity contribution >= 4 is 37.7 Å². The Labute approximate surface area is 128 Å². The van der Waals surface area contributed by atoms with Crippen molar-refractivity contribution < 1.29 is 0 Å². The highest BCUT2D eigenvalue weighted by Crippen LogP contribution is 2.30. The molecular formula is C18H20BrN. The maximum absolute atomic E-state index is 3.85. The fourth-order valence-corrected chi connectivity index (χ4v) is 3.53. The van der Waals surface area contributed by atoms with Crippen LogP contribution in [0.25, 0.3) is 21.8 Å². The zero-order valence-electron chi connectivity index (χ0n) is 11.8. The van der Waals surface area contributed by atoms with E-state index in [1.807, 2.05) is 0 Å². The standard InChI is InChI=1S/C18H20BrN/c1-2-3-8-14(19)13-20-17-11-6-4-9-15(17)16-10-5-7-12-18(16)20/h4-7,9-12,14H,2-3,8,13H2,1H3. The molecule has 0 aliphatic heterocycles. The first-order valence-corrected chi connectivity index (χ1v) is 8.33. The minimum Gasteiger partial charge on any atom is -0.339 e. The normalized spacial score (nSPS) is 13.1. The number of fused-ring (bicyclic) bond motifs is 3. The SMILES string of the molecule is CCCCC(Br)Cn1c2ccccc2c2ccccc21. The van der Waals surface area contributed by atoms with E-state index < -0.39 is 0 Å². The topological polar surface area (TPSA) is 4.93 Å². The maximum Gasteiger partial charge on any atom is 0.0491 e. The Morgan fingerprint density at radius 3 is 2.05 bits per heavy atom. The molecule has 1 heterocycles. The molecular weight excluding hydrogens is 310 g/mol. The van der Waals surface area contributed by atoms with Crippen LogP contribution in [0.2, 0.25) is 0 Å². The van der Waals surface area contributed by atoms with Gasteiger partial charge in [-0.05, 0) is 18.6 Å². The second-order valence-electron chi connectivity index (χ2n) is 5.38. The number of rotatable bonds is 5. The van der Waals surface area contributed by atoms with Gasteiger partial charge in [0.25, 0.3) is 0 Å². The zero-order chi connectivity index (χ0) is 13.9. The lowest BCUT2D eigenvalue weighted by Gasteiger charge is -2.13. The monoisotopic (exact) mass is 329 g/mol. The summed E-state index contributed by atoms with van der Waals surface area (Å²) in [6.45, 7) is 3.29. The second-order valence-corrected chi connectivity index (χ2v) is 6.68. The van der Waals surface area contributed by atoms with Gasteiger partial charge in [0, 0.05) is 33.2 Å². The van der Waals surface area contributed by atoms with Crippen LogP contribution in [0.5, 0.6) is 0 Å². The van der Waals surface area contributed by atoms with E-state index in [4.69, 9.17) is 0 Å². The molecule has 0 fully saturated rings. The van der Waals surface area contributed by atoms with Crippen LogP contribution in [0.3, 0.4) is 0 Å². The van der Waals surface area contributed by atoms with Crippen LogP contribution in [0.15, 0.2) is 48.5 Å². The van der Waals surface area contributed by atoms with E-state index in [1.54, 1.807) is 0 Å². The fourth-order valence-electron chi connectivity index (χ4n) is 2.92. The number of alkyl halides is 1. The van der Waals surface area contributed by atoms with Gasteiger partial charge in [0.1, 0.15) is 0 Å². The predicted molar refractivity (Wildman–Crippen MR) is 91.7 cm³/mol. The number of unbranched alkanes of at least 4 members (excludes halogenated alkanes) is 1. The van der Waals surface area contributed by atoms with Gasteiger partial charge in [-0.15, -0.1) is 0 Å². The number of halogens is 1. The second kappa shape index (κ2) is 6.01. The summed E-state index contributed by atoms with van der Waals surface area (Å²) in [7, 11) is 0. The number of nitrogens with zero attached hydrogens (tertiary/aromatic N) is 1. The van der Waals surface area contributed by atoms with Crippen LogP contribution >= 0.6 is 15.9 Å². The van der Waals surface area contributed by atoms with Crippen molar-refractivity contribution in [2.45, 2.75) is 37.6 Å². The molecule has 1 aromatic heterocycles. The molecule has 0 radical (unpaired) electrons. The molecule has 0 amide bonds. The van der Waals surface area contributed by atoms with Crippen molar-refractivity contribution in [2.24, 2.45) is 0 Å². The third-order valence-corrected chi connectivity index (χ3v) is 4.68. The van der Waals surface area contributed by atoms with Crippen LogP contribution in [0, 0.1) is 0 Å². The summed E-state index contributed by atoms with van der Waals surface area (Å²) in [5.74, 6) is 0. The molecule has 0 aliphatic carbocycles. The highest BCUT2D eigenvalue weighted by atomic mass is 79.9. The molecule has 0 saturated heterocycles. The van der Waals surface area contributed by atoms with Crippen LogP contribution in [-0.4, -0.2) is 9.39 Å². The highest BCUT2D eigenvalue weighted by molar-refractivity contribution is 9.09. The third kappa shape index (κ3) is 2.49. The molecule has 0 bridgehead atoms. The molecule has 2 heteroatoms. The van der Waals surface area contributed by atoms with Gasteiger partial charge in [-0.25, -0.2) is 0 Å². The summed E-state index contributed by atoms with van der Waals surface area (Å²) in [4.78, 5) is 0.543. The van der Waals surface area contributed by atoms with Crippen molar-refractivity contribution in [3.05, 3.63) is 48.5 Å². The van der Waals surface area contributed by atoms with Gasteiger partial charge in [-0.1, -0.05) is 72.1 Å². The Kier molecular flexibility index (Phi) is 4.11. The largest absolute Gasteiger partial charge is 0.339 e. The van der Waals surface area contributed by atoms with E-state index in [-0.39, 0.29) is 0 Å². The third-order valence-electron chi connectivity index (χ3n) is 3.93. The van der Waals surface area contributed by atoms with Crippen molar-refractivity contribution in [3.63, 3.8) is 0 Å². The summed E-state index contributed by atoms with van der Waals surface area (Å²) in [5, 5.41) is 2.72. The summed E-state index contributed by atoms with van der Waals surface area (Å²) in [5.41, 5.74) is 2.68. The minimum absolute atomic E-state index is 0.543. The molecule has 1 unspecified atom stereocenters. The molecule has 0 aliphatic rings. The average Bonchev–Trinajstić information content (AvgIpc) is 2.80. The smallest absolute Gasteiger partial charge is 0.0491 e. The molecule has 1 nitrogen and oxygen atoms in total. The number of hydrogen-bond donors (Lipinski definition) is 0. The lowest BCUT2D eigenvalue weighted by atomic mass is 10.2. The van der Waals surface area contributed by atoms with Crippen LogP contribution in [0.4, 0.5) is 0 Å². The van der Waals surface area contributed by atoms with E-state index in [1.165, 1.54) is 41.1 Å².